The zero-order valence-corrected chi connectivity index (χ0v) is 11.4. The van der Waals surface area contributed by atoms with Crippen molar-refractivity contribution in [1.82, 2.24) is 5.32 Å². The Morgan fingerprint density at radius 2 is 1.95 bits per heavy atom. The average molecular weight is 262 g/mol. The van der Waals surface area contributed by atoms with Crippen molar-refractivity contribution in [3.05, 3.63) is 29.8 Å². The predicted octanol–water partition coefficient (Wildman–Crippen LogP) is 2.00. The fourth-order valence-electron chi connectivity index (χ4n) is 2.62. The first-order chi connectivity index (χ1) is 9.01. The van der Waals surface area contributed by atoms with Crippen LogP contribution in [0.5, 0.6) is 0 Å². The predicted molar refractivity (Wildman–Crippen MR) is 75.4 cm³/mol. The largest absolute Gasteiger partial charge is 0.399 e. The monoisotopic (exact) mass is 262 g/mol. The van der Waals surface area contributed by atoms with Crippen molar-refractivity contribution in [2.45, 2.75) is 38.7 Å². The molecule has 0 spiro atoms. The number of nitrogens with one attached hydrogen (secondary N) is 1. The second kappa shape index (κ2) is 5.61. The van der Waals surface area contributed by atoms with E-state index in [2.05, 4.69) is 5.32 Å². The second-order valence-electron chi connectivity index (χ2n) is 5.66. The fraction of sp³-hybridized carbons (Fsp3) is 0.533. The Morgan fingerprint density at radius 1 is 1.37 bits per heavy atom. The fourth-order valence-corrected chi connectivity index (χ4v) is 2.62. The molecule has 0 aliphatic heterocycles. The summed E-state index contributed by atoms with van der Waals surface area (Å²) in [6.45, 7) is 2.25. The van der Waals surface area contributed by atoms with Gasteiger partial charge in [0.1, 0.15) is 0 Å². The number of hydrogen-bond donors (Lipinski definition) is 3. The molecule has 0 aromatic heterocycles. The molecule has 4 nitrogen and oxygen atoms in total. The van der Waals surface area contributed by atoms with Crippen LogP contribution in [0.1, 0.15) is 44.3 Å². The van der Waals surface area contributed by atoms with Crippen LogP contribution in [0.25, 0.3) is 0 Å². The number of carbonyl (C=O) groups excluding carboxylic acids is 1. The number of benzene rings is 1. The van der Waals surface area contributed by atoms with Gasteiger partial charge in [-0.1, -0.05) is 31.9 Å². The maximum atomic E-state index is 12.1. The molecular formula is C15H22N2O2. The lowest BCUT2D eigenvalue weighted by Crippen LogP contribution is -2.39. The summed E-state index contributed by atoms with van der Waals surface area (Å²) >= 11 is 0. The molecule has 1 aromatic rings. The Labute approximate surface area is 114 Å². The third-order valence-electron chi connectivity index (χ3n) is 4.03. The standard InChI is InChI=1S/C15H22N2O2/c1-15(8-2-3-9-15)14(19)17-10-13(18)11-4-6-12(16)7-5-11/h4-7,13,18H,2-3,8-10,16H2,1H3,(H,17,19). The van der Waals surface area contributed by atoms with Gasteiger partial charge in [-0.2, -0.15) is 0 Å². The number of anilines is 1. The van der Waals surface area contributed by atoms with E-state index in [-0.39, 0.29) is 17.9 Å². The van der Waals surface area contributed by atoms with Crippen LogP contribution in [0, 0.1) is 5.41 Å². The van der Waals surface area contributed by atoms with E-state index in [1.54, 1.807) is 24.3 Å². The van der Waals surface area contributed by atoms with E-state index in [0.29, 0.717) is 5.69 Å². The van der Waals surface area contributed by atoms with Crippen LogP contribution in [-0.2, 0) is 4.79 Å². The Kier molecular flexibility index (Phi) is 4.10. The van der Waals surface area contributed by atoms with Gasteiger partial charge in [-0.15, -0.1) is 0 Å². The molecule has 0 saturated heterocycles. The van der Waals surface area contributed by atoms with Crippen molar-refractivity contribution in [2.24, 2.45) is 5.41 Å². The summed E-state index contributed by atoms with van der Waals surface area (Å²) in [5, 5.41) is 12.9. The number of aliphatic hydroxyl groups is 1. The average Bonchev–Trinajstić information content (AvgIpc) is 2.84. The van der Waals surface area contributed by atoms with E-state index >= 15 is 0 Å². The van der Waals surface area contributed by atoms with E-state index in [1.807, 2.05) is 6.92 Å². The van der Waals surface area contributed by atoms with Crippen LogP contribution in [-0.4, -0.2) is 17.6 Å². The highest BCUT2D eigenvalue weighted by molar-refractivity contribution is 5.82. The molecule has 1 unspecified atom stereocenters. The van der Waals surface area contributed by atoms with Crippen molar-refractivity contribution in [3.63, 3.8) is 0 Å². The number of rotatable bonds is 4. The van der Waals surface area contributed by atoms with Crippen LogP contribution >= 0.6 is 0 Å². The van der Waals surface area contributed by atoms with Crippen LogP contribution in [0.4, 0.5) is 5.69 Å². The van der Waals surface area contributed by atoms with Gasteiger partial charge in [0, 0.05) is 17.6 Å². The van der Waals surface area contributed by atoms with E-state index in [9.17, 15) is 9.90 Å². The molecule has 19 heavy (non-hydrogen) atoms. The van der Waals surface area contributed by atoms with Gasteiger partial charge in [0.05, 0.1) is 6.10 Å². The molecule has 1 aromatic carbocycles. The molecule has 1 atom stereocenters. The lowest BCUT2D eigenvalue weighted by Gasteiger charge is -2.23. The van der Waals surface area contributed by atoms with Crippen LogP contribution in [0.3, 0.4) is 0 Å². The number of hydrogen-bond acceptors (Lipinski definition) is 3. The van der Waals surface area contributed by atoms with Crippen molar-refractivity contribution >= 4 is 11.6 Å². The molecular weight excluding hydrogens is 240 g/mol. The number of amides is 1. The highest BCUT2D eigenvalue weighted by Gasteiger charge is 2.36. The molecule has 0 heterocycles. The van der Waals surface area contributed by atoms with E-state index in [4.69, 9.17) is 5.73 Å². The Bertz CT molecular complexity index is 436. The molecule has 1 amide bonds. The van der Waals surface area contributed by atoms with Crippen molar-refractivity contribution in [3.8, 4) is 0 Å². The first-order valence-corrected chi connectivity index (χ1v) is 6.83. The molecule has 1 fully saturated rings. The van der Waals surface area contributed by atoms with Crippen LogP contribution in [0.15, 0.2) is 24.3 Å². The highest BCUT2D eigenvalue weighted by Crippen LogP contribution is 2.37. The van der Waals surface area contributed by atoms with Crippen LogP contribution < -0.4 is 11.1 Å². The minimum Gasteiger partial charge on any atom is -0.399 e. The Morgan fingerprint density at radius 3 is 2.53 bits per heavy atom. The topological polar surface area (TPSA) is 75.3 Å². The van der Waals surface area contributed by atoms with Gasteiger partial charge in [-0.05, 0) is 30.5 Å². The quantitative estimate of drug-likeness (QED) is 0.726. The highest BCUT2D eigenvalue weighted by atomic mass is 16.3. The van der Waals surface area contributed by atoms with Gasteiger partial charge in [0.25, 0.3) is 0 Å². The summed E-state index contributed by atoms with van der Waals surface area (Å²) < 4.78 is 0. The normalized spacial score (nSPS) is 19.1. The number of nitrogen functional groups attached to an aromatic ring is 1. The third kappa shape index (κ3) is 3.26. The molecule has 1 aliphatic carbocycles. The van der Waals surface area contributed by atoms with E-state index < -0.39 is 6.10 Å². The van der Waals surface area contributed by atoms with Crippen molar-refractivity contribution in [1.29, 1.82) is 0 Å². The summed E-state index contributed by atoms with van der Waals surface area (Å²) in [5.74, 6) is 0.0551. The molecule has 2 rings (SSSR count). The summed E-state index contributed by atoms with van der Waals surface area (Å²) in [7, 11) is 0. The smallest absolute Gasteiger partial charge is 0.226 e. The molecule has 1 aliphatic rings. The summed E-state index contributed by atoms with van der Waals surface area (Å²) in [4.78, 5) is 12.1. The molecule has 4 N–H and O–H groups in total. The minimum absolute atomic E-state index is 0.0551. The molecule has 4 heteroatoms. The first kappa shape index (κ1) is 13.9. The number of carbonyl (C=O) groups is 1. The number of nitrogens with two attached hydrogens (primary N) is 1. The zero-order chi connectivity index (χ0) is 13.9. The van der Waals surface area contributed by atoms with E-state index in [1.165, 1.54) is 0 Å². The zero-order valence-electron chi connectivity index (χ0n) is 11.4. The van der Waals surface area contributed by atoms with Gasteiger partial charge >= 0.3 is 0 Å². The SMILES string of the molecule is CC1(C(=O)NCC(O)c2ccc(N)cc2)CCCC1. The van der Waals surface area contributed by atoms with Crippen LogP contribution in [0.2, 0.25) is 0 Å². The summed E-state index contributed by atoms with van der Waals surface area (Å²) in [6, 6.07) is 7.06. The third-order valence-corrected chi connectivity index (χ3v) is 4.03. The molecule has 0 bridgehead atoms. The lowest BCUT2D eigenvalue weighted by atomic mass is 9.88. The lowest BCUT2D eigenvalue weighted by molar-refractivity contribution is -0.130. The second-order valence-corrected chi connectivity index (χ2v) is 5.66. The van der Waals surface area contributed by atoms with Crippen molar-refractivity contribution < 1.29 is 9.90 Å². The maximum absolute atomic E-state index is 12.1. The van der Waals surface area contributed by atoms with Gasteiger partial charge < -0.3 is 16.2 Å². The molecule has 0 radical (unpaired) electrons. The first-order valence-electron chi connectivity index (χ1n) is 6.83. The molecule has 1 saturated carbocycles. The summed E-state index contributed by atoms with van der Waals surface area (Å²) in [6.07, 6.45) is 3.43. The minimum atomic E-state index is -0.686. The summed E-state index contributed by atoms with van der Waals surface area (Å²) in [5.41, 5.74) is 6.78. The molecule has 104 valence electrons. The number of aliphatic hydroxyl groups excluding tert-OH is 1. The van der Waals surface area contributed by atoms with Gasteiger partial charge in [-0.3, -0.25) is 4.79 Å². The Balaban J connectivity index is 1.88. The van der Waals surface area contributed by atoms with Gasteiger partial charge in [0.15, 0.2) is 0 Å². The Hall–Kier alpha value is -1.55. The van der Waals surface area contributed by atoms with Gasteiger partial charge in [-0.25, -0.2) is 0 Å². The van der Waals surface area contributed by atoms with E-state index in [0.717, 1.165) is 31.2 Å². The van der Waals surface area contributed by atoms with Crippen molar-refractivity contribution in [2.75, 3.05) is 12.3 Å². The van der Waals surface area contributed by atoms with Gasteiger partial charge in [0.2, 0.25) is 5.91 Å². The maximum Gasteiger partial charge on any atom is 0.226 e.